The van der Waals surface area contributed by atoms with Crippen molar-refractivity contribution >= 4 is 0 Å². The molecule has 0 bridgehead atoms. The lowest BCUT2D eigenvalue weighted by atomic mass is 10.0. The maximum Gasteiger partial charge on any atom is 0.231 e. The van der Waals surface area contributed by atoms with Gasteiger partial charge in [-0.15, -0.1) is 0 Å². The van der Waals surface area contributed by atoms with Crippen LogP contribution in [0.5, 0.6) is 0 Å². The van der Waals surface area contributed by atoms with Crippen molar-refractivity contribution in [1.82, 2.24) is 15.1 Å². The summed E-state index contributed by atoms with van der Waals surface area (Å²) >= 11 is 0. The van der Waals surface area contributed by atoms with Crippen LogP contribution in [0.3, 0.4) is 0 Å². The predicted molar refractivity (Wildman–Crippen MR) is 66.8 cm³/mol. The van der Waals surface area contributed by atoms with Gasteiger partial charge in [-0.3, -0.25) is 4.98 Å². The van der Waals surface area contributed by atoms with E-state index < -0.39 is 0 Å². The molecule has 2 N–H and O–H groups in total. The SMILES string of the molecule is Cc1cnccc1-c1noc(C2CCCC2N)n1. The van der Waals surface area contributed by atoms with Gasteiger partial charge in [-0.2, -0.15) is 4.98 Å². The number of aryl methyl sites for hydroxylation is 1. The Balaban J connectivity index is 1.92. The average Bonchev–Trinajstić information content (AvgIpc) is 2.98. The molecular weight excluding hydrogens is 228 g/mol. The van der Waals surface area contributed by atoms with Crippen LogP contribution in [-0.2, 0) is 0 Å². The molecule has 1 aliphatic rings. The first kappa shape index (κ1) is 11.3. The van der Waals surface area contributed by atoms with Crippen molar-refractivity contribution in [1.29, 1.82) is 0 Å². The van der Waals surface area contributed by atoms with Gasteiger partial charge in [0, 0.05) is 24.0 Å². The standard InChI is InChI=1S/C13H16N4O/c1-8-7-15-6-5-9(8)12-16-13(18-17-12)10-3-2-4-11(10)14/h5-7,10-11H,2-4,14H2,1H3. The Morgan fingerprint density at radius 2 is 2.28 bits per heavy atom. The summed E-state index contributed by atoms with van der Waals surface area (Å²) in [5.74, 6) is 1.52. The molecule has 3 rings (SSSR count). The molecule has 5 heteroatoms. The average molecular weight is 244 g/mol. The molecular formula is C13H16N4O. The molecule has 5 nitrogen and oxygen atoms in total. The van der Waals surface area contributed by atoms with Crippen LogP contribution in [0, 0.1) is 6.92 Å². The molecule has 0 aromatic carbocycles. The lowest BCUT2D eigenvalue weighted by molar-refractivity contribution is 0.345. The summed E-state index contributed by atoms with van der Waals surface area (Å²) in [5, 5.41) is 4.06. The van der Waals surface area contributed by atoms with Gasteiger partial charge in [0.05, 0.1) is 5.92 Å². The summed E-state index contributed by atoms with van der Waals surface area (Å²) in [6, 6.07) is 2.05. The molecule has 0 amide bonds. The van der Waals surface area contributed by atoms with E-state index in [0.717, 1.165) is 30.4 Å². The first-order valence-corrected chi connectivity index (χ1v) is 6.26. The zero-order chi connectivity index (χ0) is 12.5. The molecule has 94 valence electrons. The van der Waals surface area contributed by atoms with Crippen molar-refractivity contribution in [2.45, 2.75) is 38.1 Å². The van der Waals surface area contributed by atoms with Crippen LogP contribution in [0.15, 0.2) is 23.0 Å². The molecule has 1 aliphatic carbocycles. The van der Waals surface area contributed by atoms with Crippen molar-refractivity contribution < 1.29 is 4.52 Å². The summed E-state index contributed by atoms with van der Waals surface area (Å²) in [6.07, 6.45) is 6.75. The van der Waals surface area contributed by atoms with Crippen LogP contribution in [0.4, 0.5) is 0 Å². The third-order valence-electron chi connectivity index (χ3n) is 3.59. The Morgan fingerprint density at radius 1 is 1.39 bits per heavy atom. The van der Waals surface area contributed by atoms with E-state index in [-0.39, 0.29) is 12.0 Å². The molecule has 2 atom stereocenters. The summed E-state index contributed by atoms with van der Waals surface area (Å²) in [4.78, 5) is 8.55. The topological polar surface area (TPSA) is 77.8 Å². The number of hydrogen-bond donors (Lipinski definition) is 1. The maximum absolute atomic E-state index is 6.05. The summed E-state index contributed by atoms with van der Waals surface area (Å²) in [7, 11) is 0. The van der Waals surface area contributed by atoms with Crippen LogP contribution in [0.25, 0.3) is 11.4 Å². The van der Waals surface area contributed by atoms with Crippen molar-refractivity contribution in [3.05, 3.63) is 29.9 Å². The van der Waals surface area contributed by atoms with Crippen LogP contribution in [0.1, 0.15) is 36.6 Å². The Kier molecular flexibility index (Phi) is 2.83. The van der Waals surface area contributed by atoms with E-state index in [1.165, 1.54) is 0 Å². The van der Waals surface area contributed by atoms with E-state index in [1.807, 2.05) is 13.0 Å². The van der Waals surface area contributed by atoms with E-state index in [1.54, 1.807) is 12.4 Å². The molecule has 2 heterocycles. The lowest BCUT2D eigenvalue weighted by Gasteiger charge is -2.08. The van der Waals surface area contributed by atoms with Gasteiger partial charge in [0.1, 0.15) is 0 Å². The molecule has 0 saturated heterocycles. The molecule has 18 heavy (non-hydrogen) atoms. The summed E-state index contributed by atoms with van der Waals surface area (Å²) < 4.78 is 5.37. The van der Waals surface area contributed by atoms with E-state index in [0.29, 0.717) is 11.7 Å². The predicted octanol–water partition coefficient (Wildman–Crippen LogP) is 2.03. The fourth-order valence-electron chi connectivity index (χ4n) is 2.51. The maximum atomic E-state index is 6.05. The van der Waals surface area contributed by atoms with Crippen molar-refractivity contribution in [3.63, 3.8) is 0 Å². The largest absolute Gasteiger partial charge is 0.339 e. The van der Waals surface area contributed by atoms with Gasteiger partial charge < -0.3 is 10.3 Å². The summed E-state index contributed by atoms with van der Waals surface area (Å²) in [6.45, 7) is 1.99. The second-order valence-electron chi connectivity index (χ2n) is 4.85. The first-order chi connectivity index (χ1) is 8.75. The molecule has 2 aromatic heterocycles. The monoisotopic (exact) mass is 244 g/mol. The highest BCUT2D eigenvalue weighted by atomic mass is 16.5. The summed E-state index contributed by atoms with van der Waals surface area (Å²) in [5.41, 5.74) is 8.06. The zero-order valence-corrected chi connectivity index (χ0v) is 10.3. The fourth-order valence-corrected chi connectivity index (χ4v) is 2.51. The Labute approximate surface area is 105 Å². The molecule has 0 radical (unpaired) electrons. The van der Waals surface area contributed by atoms with Crippen LogP contribution >= 0.6 is 0 Å². The Hall–Kier alpha value is -1.75. The second-order valence-corrected chi connectivity index (χ2v) is 4.85. The molecule has 0 aliphatic heterocycles. The minimum atomic E-state index is 0.150. The van der Waals surface area contributed by atoms with Crippen LogP contribution in [0.2, 0.25) is 0 Å². The van der Waals surface area contributed by atoms with Gasteiger partial charge in [-0.25, -0.2) is 0 Å². The highest BCUT2D eigenvalue weighted by Gasteiger charge is 2.30. The minimum Gasteiger partial charge on any atom is -0.339 e. The zero-order valence-electron chi connectivity index (χ0n) is 10.3. The third kappa shape index (κ3) is 1.90. The van der Waals surface area contributed by atoms with E-state index in [9.17, 15) is 0 Å². The number of pyridine rings is 1. The highest BCUT2D eigenvalue weighted by Crippen LogP contribution is 2.33. The number of rotatable bonds is 2. The van der Waals surface area contributed by atoms with Crippen LogP contribution < -0.4 is 5.73 Å². The lowest BCUT2D eigenvalue weighted by Crippen LogP contribution is -2.22. The van der Waals surface area contributed by atoms with Gasteiger partial charge in [-0.1, -0.05) is 11.6 Å². The molecule has 2 unspecified atom stereocenters. The van der Waals surface area contributed by atoms with Gasteiger partial charge in [-0.05, 0) is 31.4 Å². The van der Waals surface area contributed by atoms with E-state index in [2.05, 4.69) is 15.1 Å². The fraction of sp³-hybridized carbons (Fsp3) is 0.462. The highest BCUT2D eigenvalue weighted by molar-refractivity contribution is 5.58. The molecule has 2 aromatic rings. The van der Waals surface area contributed by atoms with Gasteiger partial charge in [0.15, 0.2) is 0 Å². The second kappa shape index (κ2) is 4.49. The molecule has 1 fully saturated rings. The first-order valence-electron chi connectivity index (χ1n) is 6.26. The third-order valence-corrected chi connectivity index (χ3v) is 3.59. The van der Waals surface area contributed by atoms with Crippen molar-refractivity contribution in [3.8, 4) is 11.4 Å². The minimum absolute atomic E-state index is 0.150. The van der Waals surface area contributed by atoms with Crippen LogP contribution in [-0.4, -0.2) is 21.2 Å². The van der Waals surface area contributed by atoms with Gasteiger partial charge in [0.25, 0.3) is 0 Å². The quantitative estimate of drug-likeness (QED) is 0.874. The van der Waals surface area contributed by atoms with Crippen molar-refractivity contribution in [2.24, 2.45) is 5.73 Å². The molecule has 0 spiro atoms. The van der Waals surface area contributed by atoms with E-state index in [4.69, 9.17) is 10.3 Å². The van der Waals surface area contributed by atoms with E-state index >= 15 is 0 Å². The number of hydrogen-bond acceptors (Lipinski definition) is 5. The molecule has 1 saturated carbocycles. The Morgan fingerprint density at radius 3 is 3.00 bits per heavy atom. The number of nitrogens with zero attached hydrogens (tertiary/aromatic N) is 3. The van der Waals surface area contributed by atoms with Gasteiger partial charge >= 0.3 is 0 Å². The van der Waals surface area contributed by atoms with Gasteiger partial charge in [0.2, 0.25) is 11.7 Å². The Bertz CT molecular complexity index is 551. The number of nitrogens with two attached hydrogens (primary N) is 1. The normalized spacial score (nSPS) is 23.4. The smallest absolute Gasteiger partial charge is 0.231 e. The number of aromatic nitrogens is 3. The van der Waals surface area contributed by atoms with Crippen molar-refractivity contribution in [2.75, 3.05) is 0 Å².